The van der Waals surface area contributed by atoms with Crippen LogP contribution >= 0.6 is 11.8 Å². The average molecular weight is 307 g/mol. The van der Waals surface area contributed by atoms with Gasteiger partial charge in [-0.15, -0.1) is 0 Å². The SMILES string of the molecule is CC1CCCC(SCCC2CCCC2(C#N)NC2CC2)C1. The minimum absolute atomic E-state index is 0.179. The first kappa shape index (κ1) is 15.7. The number of rotatable bonds is 6. The molecule has 0 heterocycles. The molecular formula is C18H30N2S. The summed E-state index contributed by atoms with van der Waals surface area (Å²) in [5.74, 6) is 2.78. The maximum absolute atomic E-state index is 9.73. The molecule has 0 saturated heterocycles. The van der Waals surface area contributed by atoms with E-state index in [-0.39, 0.29) is 5.54 Å². The van der Waals surface area contributed by atoms with E-state index in [9.17, 15) is 5.26 Å². The van der Waals surface area contributed by atoms with Gasteiger partial charge in [-0.05, 0) is 62.5 Å². The standard InChI is InChI=1S/C18H30N2S/c1-14-4-2-6-17(12-14)21-11-9-15-5-3-10-18(15,13-19)20-16-7-8-16/h14-17,20H,2-12H2,1H3. The van der Waals surface area contributed by atoms with Gasteiger partial charge in [-0.25, -0.2) is 0 Å². The van der Waals surface area contributed by atoms with Gasteiger partial charge in [0.1, 0.15) is 5.54 Å². The molecule has 2 nitrogen and oxygen atoms in total. The number of hydrogen-bond donors (Lipinski definition) is 1. The lowest BCUT2D eigenvalue weighted by molar-refractivity contribution is 0.307. The second-order valence-electron chi connectivity index (χ2n) is 7.64. The van der Waals surface area contributed by atoms with Crippen LogP contribution < -0.4 is 5.32 Å². The van der Waals surface area contributed by atoms with Gasteiger partial charge >= 0.3 is 0 Å². The second-order valence-corrected chi connectivity index (χ2v) is 9.05. The zero-order valence-electron chi connectivity index (χ0n) is 13.4. The van der Waals surface area contributed by atoms with Crippen LogP contribution in [0, 0.1) is 23.2 Å². The first-order chi connectivity index (χ1) is 10.2. The van der Waals surface area contributed by atoms with Gasteiger partial charge in [0.2, 0.25) is 0 Å². The quantitative estimate of drug-likeness (QED) is 0.784. The van der Waals surface area contributed by atoms with Crippen molar-refractivity contribution in [3.8, 4) is 6.07 Å². The van der Waals surface area contributed by atoms with Crippen molar-refractivity contribution in [2.45, 2.75) is 88.0 Å². The molecule has 118 valence electrons. The molecule has 1 N–H and O–H groups in total. The van der Waals surface area contributed by atoms with Crippen LogP contribution in [0.15, 0.2) is 0 Å². The summed E-state index contributed by atoms with van der Waals surface area (Å²) in [6.45, 7) is 2.41. The van der Waals surface area contributed by atoms with E-state index in [4.69, 9.17) is 0 Å². The van der Waals surface area contributed by atoms with Crippen LogP contribution in [0.4, 0.5) is 0 Å². The number of thioether (sulfide) groups is 1. The van der Waals surface area contributed by atoms with Crippen LogP contribution in [0.2, 0.25) is 0 Å². The molecule has 0 radical (unpaired) electrons. The highest BCUT2D eigenvalue weighted by Gasteiger charge is 2.45. The lowest BCUT2D eigenvalue weighted by Gasteiger charge is -2.31. The Kier molecular flexibility index (Phi) is 5.17. The molecule has 0 bridgehead atoms. The largest absolute Gasteiger partial charge is 0.296 e. The summed E-state index contributed by atoms with van der Waals surface area (Å²) in [6.07, 6.45) is 13.1. The lowest BCUT2D eigenvalue weighted by Crippen LogP contribution is -2.48. The molecule has 3 aliphatic rings. The Morgan fingerprint density at radius 1 is 1.19 bits per heavy atom. The van der Waals surface area contributed by atoms with Crippen molar-refractivity contribution in [2.24, 2.45) is 11.8 Å². The minimum atomic E-state index is -0.179. The van der Waals surface area contributed by atoms with Gasteiger partial charge < -0.3 is 0 Å². The fourth-order valence-corrected chi connectivity index (χ4v) is 5.89. The molecule has 0 amide bonds. The Bertz CT molecular complexity index is 387. The second kappa shape index (κ2) is 6.92. The van der Waals surface area contributed by atoms with Crippen molar-refractivity contribution in [3.05, 3.63) is 0 Å². The van der Waals surface area contributed by atoms with Crippen molar-refractivity contribution in [1.82, 2.24) is 5.32 Å². The van der Waals surface area contributed by atoms with E-state index in [0.29, 0.717) is 12.0 Å². The summed E-state index contributed by atoms with van der Waals surface area (Å²) in [7, 11) is 0. The highest BCUT2D eigenvalue weighted by molar-refractivity contribution is 7.99. The third-order valence-corrected chi connectivity index (χ3v) is 7.14. The molecule has 3 saturated carbocycles. The molecule has 3 fully saturated rings. The normalized spacial score (nSPS) is 40.1. The van der Waals surface area contributed by atoms with Crippen molar-refractivity contribution in [3.63, 3.8) is 0 Å². The topological polar surface area (TPSA) is 35.8 Å². The number of nitrogens with one attached hydrogen (secondary N) is 1. The molecule has 3 rings (SSSR count). The average Bonchev–Trinajstić information content (AvgIpc) is 3.20. The van der Waals surface area contributed by atoms with E-state index in [1.54, 1.807) is 0 Å². The Balaban J connectivity index is 1.46. The lowest BCUT2D eigenvalue weighted by atomic mass is 9.86. The minimum Gasteiger partial charge on any atom is -0.296 e. The highest BCUT2D eigenvalue weighted by Crippen LogP contribution is 2.41. The molecule has 0 aromatic rings. The zero-order valence-corrected chi connectivity index (χ0v) is 14.3. The van der Waals surface area contributed by atoms with Crippen LogP contribution in [0.1, 0.15) is 71.1 Å². The van der Waals surface area contributed by atoms with Crippen molar-refractivity contribution < 1.29 is 0 Å². The van der Waals surface area contributed by atoms with Gasteiger partial charge in [0.05, 0.1) is 6.07 Å². The third-order valence-electron chi connectivity index (χ3n) is 5.77. The van der Waals surface area contributed by atoms with Gasteiger partial charge in [-0.3, -0.25) is 5.32 Å². The van der Waals surface area contributed by atoms with E-state index < -0.39 is 0 Å². The molecule has 21 heavy (non-hydrogen) atoms. The maximum Gasteiger partial charge on any atom is 0.109 e. The monoisotopic (exact) mass is 306 g/mol. The summed E-state index contributed by atoms with van der Waals surface area (Å²) in [5.41, 5.74) is -0.179. The van der Waals surface area contributed by atoms with Gasteiger partial charge in [-0.2, -0.15) is 17.0 Å². The van der Waals surface area contributed by atoms with Crippen molar-refractivity contribution in [2.75, 3.05) is 5.75 Å². The van der Waals surface area contributed by atoms with Gasteiger partial charge in [0.15, 0.2) is 0 Å². The molecular weight excluding hydrogens is 276 g/mol. The smallest absolute Gasteiger partial charge is 0.109 e. The van der Waals surface area contributed by atoms with E-state index in [1.165, 1.54) is 63.5 Å². The van der Waals surface area contributed by atoms with Crippen LogP contribution in [-0.4, -0.2) is 22.6 Å². The molecule has 0 aromatic heterocycles. The Morgan fingerprint density at radius 3 is 2.76 bits per heavy atom. The van der Waals surface area contributed by atoms with Crippen LogP contribution in [0.25, 0.3) is 0 Å². The van der Waals surface area contributed by atoms with Crippen molar-refractivity contribution >= 4 is 11.8 Å². The third kappa shape index (κ3) is 3.96. The summed E-state index contributed by atoms with van der Waals surface area (Å²) < 4.78 is 0. The van der Waals surface area contributed by atoms with E-state index in [1.807, 2.05) is 0 Å². The summed E-state index contributed by atoms with van der Waals surface area (Å²) in [6, 6.07) is 3.32. The van der Waals surface area contributed by atoms with Gasteiger partial charge in [0.25, 0.3) is 0 Å². The van der Waals surface area contributed by atoms with Crippen LogP contribution in [0.5, 0.6) is 0 Å². The number of hydrogen-bond acceptors (Lipinski definition) is 3. The van der Waals surface area contributed by atoms with Crippen molar-refractivity contribution in [1.29, 1.82) is 5.26 Å². The molecule has 0 spiro atoms. The fourth-order valence-electron chi connectivity index (χ4n) is 4.34. The van der Waals surface area contributed by atoms with Gasteiger partial charge in [0, 0.05) is 11.3 Å². The maximum atomic E-state index is 9.73. The number of nitriles is 1. The number of nitrogens with zero attached hydrogens (tertiary/aromatic N) is 1. The summed E-state index contributed by atoms with van der Waals surface area (Å²) in [4.78, 5) is 0. The fraction of sp³-hybridized carbons (Fsp3) is 0.944. The molecule has 4 unspecified atom stereocenters. The van der Waals surface area contributed by atoms with Crippen LogP contribution in [0.3, 0.4) is 0 Å². The zero-order chi connectivity index (χ0) is 14.7. The Morgan fingerprint density at radius 2 is 2.05 bits per heavy atom. The predicted molar refractivity (Wildman–Crippen MR) is 90.3 cm³/mol. The van der Waals surface area contributed by atoms with E-state index >= 15 is 0 Å². The predicted octanol–water partition coefficient (Wildman–Crippen LogP) is 4.50. The molecule has 0 aromatic carbocycles. The molecule has 0 aliphatic heterocycles. The van der Waals surface area contributed by atoms with Crippen LogP contribution in [-0.2, 0) is 0 Å². The van der Waals surface area contributed by atoms with E-state index in [0.717, 1.165) is 17.6 Å². The molecule has 4 atom stereocenters. The summed E-state index contributed by atoms with van der Waals surface area (Å²) in [5, 5.41) is 14.3. The Labute approximate surface area is 134 Å². The molecule has 3 aliphatic carbocycles. The molecule has 3 heteroatoms. The van der Waals surface area contributed by atoms with Gasteiger partial charge in [-0.1, -0.05) is 26.2 Å². The first-order valence-corrected chi connectivity index (χ1v) is 10.1. The highest BCUT2D eigenvalue weighted by atomic mass is 32.2. The Hall–Kier alpha value is -0.200. The summed E-state index contributed by atoms with van der Waals surface area (Å²) >= 11 is 2.20. The van der Waals surface area contributed by atoms with E-state index in [2.05, 4.69) is 30.1 Å². The first-order valence-electron chi connectivity index (χ1n) is 9.02.